The Labute approximate surface area is 95.4 Å². The number of halogens is 1. The van der Waals surface area contributed by atoms with Gasteiger partial charge in [-0.05, 0) is 41.4 Å². The summed E-state index contributed by atoms with van der Waals surface area (Å²) >= 11 is 2.06. The Morgan fingerprint density at radius 3 is 3.07 bits per heavy atom. The van der Waals surface area contributed by atoms with Gasteiger partial charge in [-0.25, -0.2) is 4.68 Å². The summed E-state index contributed by atoms with van der Waals surface area (Å²) in [5.74, 6) is 0.717. The van der Waals surface area contributed by atoms with E-state index in [0.29, 0.717) is 0 Å². The summed E-state index contributed by atoms with van der Waals surface area (Å²) in [7, 11) is 0. The van der Waals surface area contributed by atoms with Crippen molar-refractivity contribution < 1.29 is 4.74 Å². The molecule has 1 aliphatic rings. The first-order chi connectivity index (χ1) is 6.75. The molecular formula is C9H11IN2O2. The molecule has 0 atom stereocenters. The van der Waals surface area contributed by atoms with Crippen molar-refractivity contribution in [2.75, 3.05) is 6.61 Å². The van der Waals surface area contributed by atoms with Gasteiger partial charge >= 0.3 is 0 Å². The second-order valence-electron chi connectivity index (χ2n) is 3.45. The van der Waals surface area contributed by atoms with Gasteiger partial charge in [0.1, 0.15) is 6.73 Å². The summed E-state index contributed by atoms with van der Waals surface area (Å²) in [6.45, 7) is 1.02. The maximum atomic E-state index is 11.3. The largest absolute Gasteiger partial charge is 0.359 e. The number of ether oxygens (including phenoxy) is 1. The Morgan fingerprint density at radius 1 is 1.64 bits per heavy atom. The summed E-state index contributed by atoms with van der Waals surface area (Å²) in [5.41, 5.74) is -0.104. The highest BCUT2D eigenvalue weighted by atomic mass is 127. The minimum atomic E-state index is -0.104. The summed E-state index contributed by atoms with van der Waals surface area (Å²) in [5, 5.41) is 3.97. The molecule has 5 heteroatoms. The van der Waals surface area contributed by atoms with Crippen LogP contribution in [0.15, 0.2) is 17.1 Å². The van der Waals surface area contributed by atoms with E-state index in [-0.39, 0.29) is 12.3 Å². The lowest BCUT2D eigenvalue weighted by molar-refractivity contribution is 0.0579. The van der Waals surface area contributed by atoms with Gasteiger partial charge in [0.2, 0.25) is 0 Å². The summed E-state index contributed by atoms with van der Waals surface area (Å²) < 4.78 is 7.55. The molecule has 0 N–H and O–H groups in total. The van der Waals surface area contributed by atoms with Crippen LogP contribution in [0.2, 0.25) is 0 Å². The highest BCUT2D eigenvalue weighted by Gasteiger charge is 2.21. The van der Waals surface area contributed by atoms with Gasteiger partial charge in [0, 0.05) is 9.64 Å². The molecule has 4 nitrogen and oxygen atoms in total. The molecule has 0 aromatic carbocycles. The number of nitrogens with zero attached hydrogens (tertiary/aromatic N) is 2. The van der Waals surface area contributed by atoms with Crippen molar-refractivity contribution in [2.24, 2.45) is 5.92 Å². The van der Waals surface area contributed by atoms with Gasteiger partial charge in [-0.3, -0.25) is 4.79 Å². The second kappa shape index (κ2) is 4.39. The van der Waals surface area contributed by atoms with Crippen molar-refractivity contribution in [3.8, 4) is 0 Å². The van der Waals surface area contributed by atoms with Crippen LogP contribution in [0.4, 0.5) is 0 Å². The smallest absolute Gasteiger partial charge is 0.269 e. The lowest BCUT2D eigenvalue weighted by Gasteiger charge is -2.04. The molecule has 0 radical (unpaired) electrons. The zero-order valence-electron chi connectivity index (χ0n) is 7.65. The van der Waals surface area contributed by atoms with Crippen molar-refractivity contribution in [1.82, 2.24) is 9.78 Å². The van der Waals surface area contributed by atoms with Crippen LogP contribution in [0.1, 0.15) is 12.8 Å². The number of hydrogen-bond donors (Lipinski definition) is 0. The fourth-order valence-electron chi connectivity index (χ4n) is 1.10. The fraction of sp³-hybridized carbons (Fsp3) is 0.556. The highest BCUT2D eigenvalue weighted by Crippen LogP contribution is 2.28. The predicted molar refractivity (Wildman–Crippen MR) is 59.9 cm³/mol. The first-order valence-corrected chi connectivity index (χ1v) is 5.64. The van der Waals surface area contributed by atoms with E-state index < -0.39 is 0 Å². The molecule has 1 aliphatic carbocycles. The summed E-state index contributed by atoms with van der Waals surface area (Å²) in [6, 6.07) is 1.55. The lowest BCUT2D eigenvalue weighted by atomic mass is 10.5. The van der Waals surface area contributed by atoms with E-state index in [0.717, 1.165) is 16.1 Å². The van der Waals surface area contributed by atoms with E-state index >= 15 is 0 Å². The van der Waals surface area contributed by atoms with Gasteiger partial charge in [0.25, 0.3) is 5.56 Å². The second-order valence-corrected chi connectivity index (χ2v) is 4.70. The third kappa shape index (κ3) is 2.78. The molecule has 0 saturated heterocycles. The summed E-state index contributed by atoms with van der Waals surface area (Å²) in [6.07, 6.45) is 4.17. The Balaban J connectivity index is 1.91. The minimum absolute atomic E-state index is 0.104. The minimum Gasteiger partial charge on any atom is -0.359 e. The lowest BCUT2D eigenvalue weighted by Crippen LogP contribution is -2.23. The molecule has 76 valence electrons. The van der Waals surface area contributed by atoms with Gasteiger partial charge in [0.15, 0.2) is 0 Å². The van der Waals surface area contributed by atoms with Crippen molar-refractivity contribution in [3.05, 3.63) is 26.2 Å². The Kier molecular flexibility index (Phi) is 3.17. The molecule has 1 aromatic heterocycles. The molecule has 1 fully saturated rings. The third-order valence-electron chi connectivity index (χ3n) is 2.10. The molecule has 0 spiro atoms. The molecule has 0 unspecified atom stereocenters. The van der Waals surface area contributed by atoms with Gasteiger partial charge < -0.3 is 4.74 Å². The Bertz CT molecular complexity index is 373. The van der Waals surface area contributed by atoms with Crippen LogP contribution in [0.3, 0.4) is 0 Å². The topological polar surface area (TPSA) is 44.1 Å². The van der Waals surface area contributed by atoms with Gasteiger partial charge in [-0.1, -0.05) is 0 Å². The molecular weight excluding hydrogens is 295 g/mol. The van der Waals surface area contributed by atoms with Crippen LogP contribution >= 0.6 is 22.6 Å². The molecule has 14 heavy (non-hydrogen) atoms. The predicted octanol–water partition coefficient (Wildman–Crippen LogP) is 1.23. The van der Waals surface area contributed by atoms with Crippen LogP contribution < -0.4 is 5.56 Å². The van der Waals surface area contributed by atoms with E-state index in [1.807, 2.05) is 0 Å². The van der Waals surface area contributed by atoms with E-state index in [9.17, 15) is 4.79 Å². The van der Waals surface area contributed by atoms with Crippen LogP contribution in [0.25, 0.3) is 0 Å². The maximum absolute atomic E-state index is 11.3. The molecule has 0 bridgehead atoms. The Hall–Kier alpha value is -0.430. The monoisotopic (exact) mass is 306 g/mol. The van der Waals surface area contributed by atoms with E-state index in [1.165, 1.54) is 17.5 Å². The first-order valence-electron chi connectivity index (χ1n) is 4.56. The number of rotatable bonds is 4. The SMILES string of the molecule is O=c1cc(I)cnn1COCC1CC1. The summed E-state index contributed by atoms with van der Waals surface area (Å²) in [4.78, 5) is 11.3. The fourth-order valence-corrected chi connectivity index (χ4v) is 1.49. The molecule has 2 rings (SSSR count). The standard InChI is InChI=1S/C9H11IN2O2/c10-8-3-9(13)12(11-4-8)6-14-5-7-1-2-7/h3-4,7H,1-2,5-6H2. The number of hydrogen-bond acceptors (Lipinski definition) is 3. The quantitative estimate of drug-likeness (QED) is 0.786. The highest BCUT2D eigenvalue weighted by molar-refractivity contribution is 14.1. The zero-order chi connectivity index (χ0) is 9.97. The van der Waals surface area contributed by atoms with Crippen molar-refractivity contribution >= 4 is 22.6 Å². The van der Waals surface area contributed by atoms with E-state index in [2.05, 4.69) is 27.7 Å². The average Bonchev–Trinajstić information content (AvgIpc) is 2.92. The molecule has 1 saturated carbocycles. The van der Waals surface area contributed by atoms with Crippen LogP contribution in [-0.4, -0.2) is 16.4 Å². The van der Waals surface area contributed by atoms with E-state index in [4.69, 9.17) is 4.74 Å². The van der Waals surface area contributed by atoms with Crippen molar-refractivity contribution in [3.63, 3.8) is 0 Å². The van der Waals surface area contributed by atoms with Crippen LogP contribution in [-0.2, 0) is 11.5 Å². The first kappa shape index (κ1) is 10.1. The molecule has 1 heterocycles. The molecule has 0 aliphatic heterocycles. The number of aromatic nitrogens is 2. The van der Waals surface area contributed by atoms with E-state index in [1.54, 1.807) is 12.3 Å². The van der Waals surface area contributed by atoms with Crippen molar-refractivity contribution in [2.45, 2.75) is 19.6 Å². The van der Waals surface area contributed by atoms with Crippen LogP contribution in [0.5, 0.6) is 0 Å². The Morgan fingerprint density at radius 2 is 2.43 bits per heavy atom. The normalized spacial score (nSPS) is 15.8. The van der Waals surface area contributed by atoms with Crippen LogP contribution in [0, 0.1) is 9.49 Å². The maximum Gasteiger partial charge on any atom is 0.269 e. The average molecular weight is 306 g/mol. The van der Waals surface area contributed by atoms with Gasteiger partial charge in [0.05, 0.1) is 12.8 Å². The third-order valence-corrected chi connectivity index (χ3v) is 2.69. The molecule has 1 aromatic rings. The van der Waals surface area contributed by atoms with Gasteiger partial charge in [-0.2, -0.15) is 5.10 Å². The van der Waals surface area contributed by atoms with Gasteiger partial charge in [-0.15, -0.1) is 0 Å². The van der Waals surface area contributed by atoms with Crippen molar-refractivity contribution in [1.29, 1.82) is 0 Å². The molecule has 0 amide bonds. The zero-order valence-corrected chi connectivity index (χ0v) is 9.81.